The Labute approximate surface area is 165 Å². The van der Waals surface area contributed by atoms with E-state index in [0.717, 1.165) is 17.8 Å². The first-order chi connectivity index (χ1) is 13.6. The van der Waals surface area contributed by atoms with E-state index in [4.69, 9.17) is 0 Å². The van der Waals surface area contributed by atoms with Crippen molar-refractivity contribution in [3.8, 4) is 0 Å². The molecule has 4 nitrogen and oxygen atoms in total. The van der Waals surface area contributed by atoms with E-state index in [1.54, 1.807) is 24.3 Å². The van der Waals surface area contributed by atoms with Crippen LogP contribution in [0.5, 0.6) is 0 Å². The Morgan fingerprint density at radius 3 is 2.00 bits per heavy atom. The van der Waals surface area contributed by atoms with E-state index in [1.807, 2.05) is 68.4 Å². The van der Waals surface area contributed by atoms with Crippen LogP contribution in [0.4, 0.5) is 17.1 Å². The van der Waals surface area contributed by atoms with Crippen molar-refractivity contribution < 1.29 is 9.59 Å². The number of ketones is 1. The maximum atomic E-state index is 12.7. The summed E-state index contributed by atoms with van der Waals surface area (Å²) in [6, 6.07) is 24.2. The minimum absolute atomic E-state index is 0.0179. The topological polar surface area (TPSA) is 58.2 Å². The largest absolute Gasteiger partial charge is 0.354 e. The van der Waals surface area contributed by atoms with Crippen molar-refractivity contribution in [2.24, 2.45) is 5.92 Å². The fraction of sp³-hybridized carbons (Fsp3) is 0.167. The fourth-order valence-electron chi connectivity index (χ4n) is 2.83. The molecule has 4 heteroatoms. The highest BCUT2D eigenvalue weighted by Gasteiger charge is 2.14. The molecule has 3 aromatic rings. The van der Waals surface area contributed by atoms with Crippen molar-refractivity contribution in [3.05, 3.63) is 90.0 Å². The number of carbonyl (C=O) groups is 2. The number of nitrogens with one attached hydrogen (secondary N) is 2. The van der Waals surface area contributed by atoms with Gasteiger partial charge in [0.05, 0.1) is 11.4 Å². The second-order valence-corrected chi connectivity index (χ2v) is 6.74. The summed E-state index contributed by atoms with van der Waals surface area (Å²) < 4.78 is 0. The van der Waals surface area contributed by atoms with Crippen LogP contribution in [0.25, 0.3) is 0 Å². The average Bonchev–Trinajstić information content (AvgIpc) is 2.75. The molecule has 2 N–H and O–H groups in total. The van der Waals surface area contributed by atoms with Crippen molar-refractivity contribution in [1.29, 1.82) is 0 Å². The van der Waals surface area contributed by atoms with E-state index in [2.05, 4.69) is 10.6 Å². The fourth-order valence-corrected chi connectivity index (χ4v) is 2.83. The first kappa shape index (κ1) is 19.4. The molecule has 3 rings (SSSR count). The minimum Gasteiger partial charge on any atom is -0.354 e. The van der Waals surface area contributed by atoms with Crippen LogP contribution < -0.4 is 10.6 Å². The first-order valence-corrected chi connectivity index (χ1v) is 9.45. The maximum Gasteiger partial charge on any atom is 0.255 e. The first-order valence-electron chi connectivity index (χ1n) is 9.45. The van der Waals surface area contributed by atoms with Crippen molar-refractivity contribution in [2.75, 3.05) is 10.6 Å². The Morgan fingerprint density at radius 2 is 1.36 bits per heavy atom. The quantitative estimate of drug-likeness (QED) is 0.507. The van der Waals surface area contributed by atoms with E-state index in [9.17, 15) is 9.59 Å². The molecule has 0 bridgehead atoms. The molecule has 0 spiro atoms. The number of rotatable bonds is 7. The molecule has 0 saturated heterocycles. The van der Waals surface area contributed by atoms with Crippen LogP contribution in [0, 0.1) is 5.92 Å². The van der Waals surface area contributed by atoms with E-state index in [-0.39, 0.29) is 17.6 Å². The van der Waals surface area contributed by atoms with Crippen LogP contribution >= 0.6 is 0 Å². The molecule has 0 aliphatic heterocycles. The standard InChI is InChI=1S/C24H24N2O2/c1-3-17(2)23(27)18-13-15-19(16-14-18)24(28)26-22-12-8-7-11-21(22)25-20-9-5-4-6-10-20/h4-17,25H,3H2,1-2H3,(H,26,28). The molecule has 0 fully saturated rings. The third kappa shape index (κ3) is 4.65. The van der Waals surface area contributed by atoms with Crippen LogP contribution in [0.15, 0.2) is 78.9 Å². The Morgan fingerprint density at radius 1 is 0.786 bits per heavy atom. The van der Waals surface area contributed by atoms with Crippen molar-refractivity contribution in [3.63, 3.8) is 0 Å². The molecule has 1 amide bonds. The number of anilines is 3. The highest BCUT2D eigenvalue weighted by atomic mass is 16.1. The van der Waals surface area contributed by atoms with Crippen LogP contribution in [0.3, 0.4) is 0 Å². The molecule has 0 aliphatic rings. The van der Waals surface area contributed by atoms with E-state index < -0.39 is 0 Å². The van der Waals surface area contributed by atoms with Crippen molar-refractivity contribution in [1.82, 2.24) is 0 Å². The third-order valence-corrected chi connectivity index (χ3v) is 4.72. The molecule has 0 saturated carbocycles. The van der Waals surface area contributed by atoms with Crippen LogP contribution in [0.1, 0.15) is 41.0 Å². The normalized spacial score (nSPS) is 11.5. The third-order valence-electron chi connectivity index (χ3n) is 4.72. The van der Waals surface area contributed by atoms with E-state index in [0.29, 0.717) is 16.8 Å². The summed E-state index contributed by atoms with van der Waals surface area (Å²) in [4.78, 5) is 24.9. The molecule has 0 radical (unpaired) electrons. The van der Waals surface area contributed by atoms with E-state index >= 15 is 0 Å². The number of amides is 1. The smallest absolute Gasteiger partial charge is 0.255 e. The molecule has 0 aliphatic carbocycles. The summed E-state index contributed by atoms with van der Waals surface area (Å²) in [7, 11) is 0. The molecule has 0 heterocycles. The number of benzene rings is 3. The predicted molar refractivity (Wildman–Crippen MR) is 114 cm³/mol. The van der Waals surface area contributed by atoms with Gasteiger partial charge in [0.1, 0.15) is 0 Å². The van der Waals surface area contributed by atoms with Gasteiger partial charge >= 0.3 is 0 Å². The second kappa shape index (κ2) is 9.00. The number of hydrogen-bond acceptors (Lipinski definition) is 3. The monoisotopic (exact) mass is 372 g/mol. The molecule has 142 valence electrons. The summed E-state index contributed by atoms with van der Waals surface area (Å²) in [5.41, 5.74) is 3.59. The van der Waals surface area contributed by atoms with Gasteiger partial charge < -0.3 is 10.6 Å². The van der Waals surface area contributed by atoms with Gasteiger partial charge in [-0.05, 0) is 42.8 Å². The predicted octanol–water partition coefficient (Wildman–Crippen LogP) is 5.91. The molecule has 1 atom stereocenters. The lowest BCUT2D eigenvalue weighted by atomic mass is 9.96. The summed E-state index contributed by atoms with van der Waals surface area (Å²) in [5.74, 6) is -0.132. The van der Waals surface area contributed by atoms with Gasteiger partial charge in [-0.2, -0.15) is 0 Å². The molecular weight excluding hydrogens is 348 g/mol. The number of Topliss-reactive ketones (excluding diaryl/α,β-unsaturated/α-hetero) is 1. The van der Waals surface area contributed by atoms with Crippen LogP contribution in [-0.4, -0.2) is 11.7 Å². The molecule has 3 aromatic carbocycles. The zero-order valence-corrected chi connectivity index (χ0v) is 16.1. The van der Waals surface area contributed by atoms with Gasteiger partial charge in [0.2, 0.25) is 0 Å². The minimum atomic E-state index is -0.218. The summed E-state index contributed by atoms with van der Waals surface area (Å²) in [5, 5.41) is 6.26. The van der Waals surface area contributed by atoms with Gasteiger partial charge in [-0.3, -0.25) is 9.59 Å². The SMILES string of the molecule is CCC(C)C(=O)c1ccc(C(=O)Nc2ccccc2Nc2ccccc2)cc1. The highest BCUT2D eigenvalue weighted by Crippen LogP contribution is 2.25. The van der Waals surface area contributed by atoms with Gasteiger partial charge in [0.15, 0.2) is 5.78 Å². The Balaban J connectivity index is 1.74. The second-order valence-electron chi connectivity index (χ2n) is 6.74. The summed E-state index contributed by atoms with van der Waals surface area (Å²) >= 11 is 0. The highest BCUT2D eigenvalue weighted by molar-refractivity contribution is 6.07. The Kier molecular flexibility index (Phi) is 6.22. The van der Waals surface area contributed by atoms with Crippen LogP contribution in [-0.2, 0) is 0 Å². The van der Waals surface area contributed by atoms with Gasteiger partial charge in [-0.25, -0.2) is 0 Å². The molecule has 28 heavy (non-hydrogen) atoms. The number of para-hydroxylation sites is 3. The van der Waals surface area contributed by atoms with Crippen molar-refractivity contribution >= 4 is 28.8 Å². The molecule has 0 aromatic heterocycles. The zero-order valence-electron chi connectivity index (χ0n) is 16.1. The van der Waals surface area contributed by atoms with Gasteiger partial charge in [-0.15, -0.1) is 0 Å². The van der Waals surface area contributed by atoms with Crippen molar-refractivity contribution in [2.45, 2.75) is 20.3 Å². The summed E-state index contributed by atoms with van der Waals surface area (Å²) in [6.45, 7) is 3.91. The molecular formula is C24H24N2O2. The summed E-state index contributed by atoms with van der Waals surface area (Å²) in [6.07, 6.45) is 0.798. The Hall–Kier alpha value is -3.40. The molecule has 1 unspecified atom stereocenters. The lowest BCUT2D eigenvalue weighted by molar-refractivity contribution is 0.0926. The zero-order chi connectivity index (χ0) is 19.9. The Bertz CT molecular complexity index is 950. The van der Waals surface area contributed by atoms with Gasteiger partial charge in [-0.1, -0.05) is 56.3 Å². The average molecular weight is 372 g/mol. The lowest BCUT2D eigenvalue weighted by Gasteiger charge is -2.13. The van der Waals surface area contributed by atoms with Gasteiger partial charge in [0.25, 0.3) is 5.91 Å². The van der Waals surface area contributed by atoms with E-state index in [1.165, 1.54) is 0 Å². The lowest BCUT2D eigenvalue weighted by Crippen LogP contribution is -2.14. The van der Waals surface area contributed by atoms with Crippen LogP contribution in [0.2, 0.25) is 0 Å². The maximum absolute atomic E-state index is 12.7. The van der Waals surface area contributed by atoms with Gasteiger partial charge in [0, 0.05) is 22.7 Å². The number of carbonyl (C=O) groups excluding carboxylic acids is 2. The number of hydrogen-bond donors (Lipinski definition) is 2.